The first-order valence-electron chi connectivity index (χ1n) is 5.78. The molecule has 3 atom stereocenters. The molecule has 2 aliphatic heterocycles. The third kappa shape index (κ3) is 1.29. The number of ether oxygens (including phenoxy) is 1. The van der Waals surface area contributed by atoms with E-state index in [2.05, 4.69) is 0 Å². The third-order valence-corrected chi connectivity index (χ3v) is 3.87. The van der Waals surface area contributed by atoms with E-state index in [9.17, 15) is 19.5 Å². The Morgan fingerprint density at radius 2 is 2.11 bits per heavy atom. The molecule has 0 radical (unpaired) electrons. The molecule has 2 heterocycles. The zero-order chi connectivity index (χ0) is 13.9. The Labute approximate surface area is 107 Å². The lowest BCUT2D eigenvalue weighted by atomic mass is 9.71. The van der Waals surface area contributed by atoms with E-state index in [1.165, 1.54) is 11.8 Å². The largest absolute Gasteiger partial charge is 0.475 e. The molecule has 0 aromatic heterocycles. The van der Waals surface area contributed by atoms with Crippen molar-refractivity contribution in [2.45, 2.75) is 19.0 Å². The molecule has 1 saturated heterocycles. The molecular formula is C11H12N2O6. The van der Waals surface area contributed by atoms with Gasteiger partial charge in [0.15, 0.2) is 12.5 Å². The van der Waals surface area contributed by atoms with Crippen molar-refractivity contribution in [2.24, 2.45) is 5.92 Å². The number of Topliss-reactive ketones (excluding diaryl/α,β-unsaturated/α-hetero) is 1. The molecule has 2 N–H and O–H groups in total. The Bertz CT molecular complexity index is 527. The fourth-order valence-corrected chi connectivity index (χ4v) is 3.06. The topological polar surface area (TPSA) is 107 Å². The number of carbonyl (C=O) groups is 3. The SMILES string of the molecule is CC(=O)N1COC2=C(CO)N(C(=O)O)C3C(=O)[C@@H]1[C@H]23. The van der Waals surface area contributed by atoms with Crippen LogP contribution in [0.1, 0.15) is 6.92 Å². The minimum absolute atomic E-state index is 0.0960. The Hall–Kier alpha value is -2.09. The summed E-state index contributed by atoms with van der Waals surface area (Å²) in [6.07, 6.45) is -1.30. The number of aliphatic hydroxyl groups is 1. The number of aliphatic hydroxyl groups excluding tert-OH is 1. The fourth-order valence-electron chi connectivity index (χ4n) is 3.06. The van der Waals surface area contributed by atoms with Crippen LogP contribution in [-0.2, 0) is 14.3 Å². The van der Waals surface area contributed by atoms with Crippen molar-refractivity contribution in [2.75, 3.05) is 13.3 Å². The highest BCUT2D eigenvalue weighted by Crippen LogP contribution is 2.49. The van der Waals surface area contributed by atoms with Crippen LogP contribution >= 0.6 is 0 Å². The highest BCUT2D eigenvalue weighted by molar-refractivity contribution is 6.03. The average Bonchev–Trinajstić information content (AvgIpc) is 2.69. The van der Waals surface area contributed by atoms with Gasteiger partial charge in [0, 0.05) is 6.92 Å². The van der Waals surface area contributed by atoms with E-state index in [-0.39, 0.29) is 24.1 Å². The molecule has 8 heteroatoms. The summed E-state index contributed by atoms with van der Waals surface area (Å²) in [6.45, 7) is 0.714. The lowest BCUT2D eigenvalue weighted by Crippen LogP contribution is -2.69. The predicted octanol–water partition coefficient (Wildman–Crippen LogP) is -1.04. The van der Waals surface area contributed by atoms with Crippen LogP contribution in [0.5, 0.6) is 0 Å². The number of nitrogens with zero attached hydrogens (tertiary/aromatic N) is 2. The monoisotopic (exact) mass is 268 g/mol. The Morgan fingerprint density at radius 1 is 1.42 bits per heavy atom. The van der Waals surface area contributed by atoms with Gasteiger partial charge in [0.1, 0.15) is 17.8 Å². The molecule has 3 rings (SSSR count). The van der Waals surface area contributed by atoms with Crippen LogP contribution in [0.3, 0.4) is 0 Å². The maximum absolute atomic E-state index is 12.1. The highest BCUT2D eigenvalue weighted by Gasteiger charge is 2.66. The van der Waals surface area contributed by atoms with Gasteiger partial charge < -0.3 is 14.9 Å². The summed E-state index contributed by atoms with van der Waals surface area (Å²) in [5, 5.41) is 18.4. The molecule has 3 aliphatic rings. The second-order valence-corrected chi connectivity index (χ2v) is 4.70. The van der Waals surface area contributed by atoms with Gasteiger partial charge in [0.2, 0.25) is 5.91 Å². The van der Waals surface area contributed by atoms with Gasteiger partial charge in [-0.25, -0.2) is 4.79 Å². The molecule has 102 valence electrons. The molecule has 1 saturated carbocycles. The molecule has 2 amide bonds. The van der Waals surface area contributed by atoms with Crippen LogP contribution < -0.4 is 0 Å². The van der Waals surface area contributed by atoms with Crippen LogP contribution in [-0.4, -0.2) is 63.2 Å². The van der Waals surface area contributed by atoms with Crippen molar-refractivity contribution < 1.29 is 29.3 Å². The number of ketones is 1. The zero-order valence-electron chi connectivity index (χ0n) is 10.1. The quantitative estimate of drug-likeness (QED) is 0.628. The minimum Gasteiger partial charge on any atom is -0.475 e. The summed E-state index contributed by atoms with van der Waals surface area (Å²) >= 11 is 0. The van der Waals surface area contributed by atoms with Crippen LogP contribution in [0.2, 0.25) is 0 Å². The second-order valence-electron chi connectivity index (χ2n) is 4.70. The smallest absolute Gasteiger partial charge is 0.412 e. The standard InChI is InChI=1S/C11H12N2O6/c1-4(15)12-3-19-10-5(2-14)13(11(17)18)8-6(10)7(12)9(8)16/h6-8,14H,2-3H2,1H3,(H,17,18)/t6-,7-,8?/m0/s1. The molecule has 1 unspecified atom stereocenters. The lowest BCUT2D eigenvalue weighted by Gasteiger charge is -2.49. The number of amides is 2. The third-order valence-electron chi connectivity index (χ3n) is 3.87. The molecule has 0 bridgehead atoms. The molecule has 1 aliphatic carbocycles. The number of rotatable bonds is 1. The van der Waals surface area contributed by atoms with E-state index in [0.717, 1.165) is 4.90 Å². The fraction of sp³-hybridized carbons (Fsp3) is 0.545. The van der Waals surface area contributed by atoms with E-state index in [1.54, 1.807) is 0 Å². The number of hydrogen-bond acceptors (Lipinski definition) is 5. The van der Waals surface area contributed by atoms with Crippen molar-refractivity contribution in [1.82, 2.24) is 9.80 Å². The summed E-state index contributed by atoms with van der Waals surface area (Å²) in [5.41, 5.74) is 0.0987. The molecule has 2 fully saturated rings. The first-order chi connectivity index (χ1) is 8.99. The summed E-state index contributed by atoms with van der Waals surface area (Å²) in [5.74, 6) is -0.789. The Morgan fingerprint density at radius 3 is 2.63 bits per heavy atom. The molecule has 0 aromatic carbocycles. The molecule has 19 heavy (non-hydrogen) atoms. The second kappa shape index (κ2) is 3.70. The van der Waals surface area contributed by atoms with Crippen LogP contribution in [0.25, 0.3) is 0 Å². The van der Waals surface area contributed by atoms with Crippen molar-refractivity contribution in [3.05, 3.63) is 11.5 Å². The summed E-state index contributed by atoms with van der Waals surface area (Å²) in [6, 6.07) is -1.54. The maximum Gasteiger partial charge on any atom is 0.412 e. The van der Waals surface area contributed by atoms with Gasteiger partial charge in [-0.1, -0.05) is 0 Å². The van der Waals surface area contributed by atoms with Gasteiger partial charge in [0.05, 0.1) is 18.2 Å². The molecule has 8 nitrogen and oxygen atoms in total. The van der Waals surface area contributed by atoms with Crippen molar-refractivity contribution in [1.29, 1.82) is 0 Å². The van der Waals surface area contributed by atoms with E-state index >= 15 is 0 Å². The zero-order valence-corrected chi connectivity index (χ0v) is 10.1. The van der Waals surface area contributed by atoms with Crippen LogP contribution in [0, 0.1) is 5.92 Å². The lowest BCUT2D eigenvalue weighted by molar-refractivity contribution is -0.165. The van der Waals surface area contributed by atoms with Crippen LogP contribution in [0.15, 0.2) is 11.5 Å². The van der Waals surface area contributed by atoms with Crippen molar-refractivity contribution in [3.8, 4) is 0 Å². The molecular weight excluding hydrogens is 256 g/mol. The van der Waals surface area contributed by atoms with Gasteiger partial charge in [-0.05, 0) is 0 Å². The van der Waals surface area contributed by atoms with Gasteiger partial charge in [-0.15, -0.1) is 0 Å². The first-order valence-corrected chi connectivity index (χ1v) is 5.78. The summed E-state index contributed by atoms with van der Waals surface area (Å²) in [4.78, 5) is 36.9. The summed E-state index contributed by atoms with van der Waals surface area (Å²) < 4.78 is 5.38. The molecule has 0 spiro atoms. The van der Waals surface area contributed by atoms with Gasteiger partial charge in [-0.2, -0.15) is 0 Å². The number of hydrogen-bond donors (Lipinski definition) is 2. The molecule has 0 aromatic rings. The Kier molecular flexibility index (Phi) is 2.33. The van der Waals surface area contributed by atoms with Crippen molar-refractivity contribution in [3.63, 3.8) is 0 Å². The highest BCUT2D eigenvalue weighted by atomic mass is 16.5. The van der Waals surface area contributed by atoms with Crippen LogP contribution in [0.4, 0.5) is 4.79 Å². The van der Waals surface area contributed by atoms with Gasteiger partial charge in [0.25, 0.3) is 0 Å². The number of carboxylic acid groups (broad SMARTS) is 1. The number of carbonyl (C=O) groups excluding carboxylic acids is 2. The predicted molar refractivity (Wildman–Crippen MR) is 58.5 cm³/mol. The van der Waals surface area contributed by atoms with E-state index in [4.69, 9.17) is 9.84 Å². The van der Waals surface area contributed by atoms with Gasteiger partial charge >= 0.3 is 6.09 Å². The maximum atomic E-state index is 12.1. The average molecular weight is 268 g/mol. The van der Waals surface area contributed by atoms with Gasteiger partial charge in [-0.3, -0.25) is 19.4 Å². The normalized spacial score (nSPS) is 31.9. The van der Waals surface area contributed by atoms with E-state index in [1.807, 2.05) is 0 Å². The minimum atomic E-state index is -1.30. The van der Waals surface area contributed by atoms with E-state index in [0.29, 0.717) is 5.76 Å². The summed E-state index contributed by atoms with van der Waals surface area (Å²) in [7, 11) is 0. The van der Waals surface area contributed by atoms with Crippen molar-refractivity contribution >= 4 is 17.8 Å². The van der Waals surface area contributed by atoms with E-state index < -0.39 is 30.7 Å². The Balaban J connectivity index is 2.02. The first kappa shape index (κ1) is 12.0.